The second-order valence-corrected chi connectivity index (χ2v) is 4.45. The van der Waals surface area contributed by atoms with Crippen LogP contribution in [0, 0.1) is 0 Å². The Morgan fingerprint density at radius 2 is 2.16 bits per heavy atom. The number of benzene rings is 1. The number of carbonyl (C=O) groups is 1. The highest BCUT2D eigenvalue weighted by atomic mass is 16.5. The third-order valence-electron chi connectivity index (χ3n) is 2.34. The lowest BCUT2D eigenvalue weighted by atomic mass is 10.2. The predicted octanol–water partition coefficient (Wildman–Crippen LogP) is 2.58. The van der Waals surface area contributed by atoms with Crippen LogP contribution in [0.15, 0.2) is 36.9 Å². The highest BCUT2D eigenvalue weighted by Crippen LogP contribution is 2.24. The Morgan fingerprint density at radius 3 is 2.84 bits per heavy atom. The molecule has 0 spiro atoms. The number of nitrogens with one attached hydrogen (secondary N) is 2. The van der Waals surface area contributed by atoms with Gasteiger partial charge in [-0.1, -0.05) is 18.2 Å². The van der Waals surface area contributed by atoms with E-state index in [1.54, 1.807) is 6.08 Å². The number of hydrogen-bond donors (Lipinski definition) is 2. The number of anilines is 1. The average molecular weight is 262 g/mol. The number of para-hydroxylation sites is 2. The van der Waals surface area contributed by atoms with Crippen LogP contribution in [0.5, 0.6) is 5.75 Å². The zero-order chi connectivity index (χ0) is 14.1. The maximum absolute atomic E-state index is 11.8. The first-order chi connectivity index (χ1) is 9.13. The molecule has 19 heavy (non-hydrogen) atoms. The zero-order valence-electron chi connectivity index (χ0n) is 11.6. The molecule has 0 radical (unpaired) electrons. The number of carbonyl (C=O) groups excluding carboxylic acids is 1. The highest BCUT2D eigenvalue weighted by Gasteiger charge is 2.08. The van der Waals surface area contributed by atoms with Gasteiger partial charge in [0.25, 0.3) is 0 Å². The van der Waals surface area contributed by atoms with Crippen molar-refractivity contribution in [3.63, 3.8) is 0 Å². The van der Waals surface area contributed by atoms with Crippen LogP contribution in [0.2, 0.25) is 0 Å². The van der Waals surface area contributed by atoms with Crippen LogP contribution in [-0.2, 0) is 4.79 Å². The summed E-state index contributed by atoms with van der Waals surface area (Å²) in [6.07, 6.45) is 2.26. The van der Waals surface area contributed by atoms with E-state index in [1.165, 1.54) is 0 Å². The van der Waals surface area contributed by atoms with Gasteiger partial charge in [0.1, 0.15) is 5.75 Å². The van der Waals surface area contributed by atoms with E-state index < -0.39 is 0 Å². The molecule has 0 atom stereocenters. The number of amides is 1. The lowest BCUT2D eigenvalue weighted by Gasteiger charge is -2.14. The van der Waals surface area contributed by atoms with Crippen molar-refractivity contribution in [2.24, 2.45) is 0 Å². The molecule has 1 amide bonds. The van der Waals surface area contributed by atoms with Gasteiger partial charge in [0.05, 0.1) is 11.8 Å². The van der Waals surface area contributed by atoms with Gasteiger partial charge in [-0.15, -0.1) is 6.58 Å². The van der Waals surface area contributed by atoms with E-state index in [0.29, 0.717) is 30.9 Å². The average Bonchev–Trinajstić information content (AvgIpc) is 2.36. The summed E-state index contributed by atoms with van der Waals surface area (Å²) in [6, 6.07) is 7.45. The molecular formula is C15H22N2O2. The first-order valence-electron chi connectivity index (χ1n) is 6.50. The molecule has 4 heteroatoms. The molecule has 1 rings (SSSR count). The maximum Gasteiger partial charge on any atom is 0.225 e. The smallest absolute Gasteiger partial charge is 0.225 e. The van der Waals surface area contributed by atoms with E-state index in [-0.39, 0.29) is 12.0 Å². The van der Waals surface area contributed by atoms with E-state index >= 15 is 0 Å². The molecule has 0 saturated carbocycles. The third kappa shape index (κ3) is 6.06. The highest BCUT2D eigenvalue weighted by molar-refractivity contribution is 5.92. The van der Waals surface area contributed by atoms with Crippen molar-refractivity contribution in [2.75, 3.05) is 18.4 Å². The van der Waals surface area contributed by atoms with Crippen molar-refractivity contribution >= 4 is 11.6 Å². The fourth-order valence-corrected chi connectivity index (χ4v) is 1.55. The van der Waals surface area contributed by atoms with E-state index in [4.69, 9.17) is 4.74 Å². The van der Waals surface area contributed by atoms with Crippen molar-refractivity contribution in [1.29, 1.82) is 0 Å². The van der Waals surface area contributed by atoms with Crippen LogP contribution >= 0.6 is 0 Å². The van der Waals surface area contributed by atoms with Crippen LogP contribution in [0.1, 0.15) is 20.3 Å². The summed E-state index contributed by atoms with van der Waals surface area (Å²) in [6.45, 7) is 8.86. The summed E-state index contributed by atoms with van der Waals surface area (Å²) in [5, 5.41) is 5.95. The number of ether oxygens (including phenoxy) is 1. The van der Waals surface area contributed by atoms with Gasteiger partial charge in [0, 0.05) is 19.5 Å². The Kier molecular flexibility index (Phi) is 6.68. The first kappa shape index (κ1) is 15.2. The molecule has 0 saturated heterocycles. The molecule has 0 unspecified atom stereocenters. The summed E-state index contributed by atoms with van der Waals surface area (Å²) < 4.78 is 5.65. The molecule has 1 aromatic rings. The minimum atomic E-state index is -0.0311. The molecule has 0 aromatic heterocycles. The monoisotopic (exact) mass is 262 g/mol. The van der Waals surface area contributed by atoms with Gasteiger partial charge >= 0.3 is 0 Å². The molecular weight excluding hydrogens is 240 g/mol. The van der Waals surface area contributed by atoms with Crippen LogP contribution in [0.25, 0.3) is 0 Å². The molecule has 0 aliphatic carbocycles. The molecule has 2 N–H and O–H groups in total. The molecule has 0 bridgehead atoms. The van der Waals surface area contributed by atoms with Gasteiger partial charge in [-0.05, 0) is 26.0 Å². The van der Waals surface area contributed by atoms with E-state index in [0.717, 1.165) is 0 Å². The number of hydrogen-bond acceptors (Lipinski definition) is 3. The van der Waals surface area contributed by atoms with Crippen LogP contribution in [0.4, 0.5) is 5.69 Å². The largest absolute Gasteiger partial charge is 0.489 e. The third-order valence-corrected chi connectivity index (χ3v) is 2.34. The summed E-state index contributed by atoms with van der Waals surface area (Å²) in [7, 11) is 0. The van der Waals surface area contributed by atoms with E-state index in [1.807, 2.05) is 38.1 Å². The molecule has 104 valence electrons. The topological polar surface area (TPSA) is 50.4 Å². The van der Waals surface area contributed by atoms with Crippen molar-refractivity contribution in [2.45, 2.75) is 26.4 Å². The van der Waals surface area contributed by atoms with E-state index in [2.05, 4.69) is 17.2 Å². The molecule has 0 aliphatic rings. The fourth-order valence-electron chi connectivity index (χ4n) is 1.55. The SMILES string of the molecule is C=CCNCCC(=O)Nc1ccccc1OC(C)C. The van der Waals surface area contributed by atoms with Crippen LogP contribution in [-0.4, -0.2) is 25.1 Å². The summed E-state index contributed by atoms with van der Waals surface area (Å²) in [5.74, 6) is 0.668. The van der Waals surface area contributed by atoms with Gasteiger partial charge < -0.3 is 15.4 Å². The Morgan fingerprint density at radius 1 is 1.42 bits per heavy atom. The second-order valence-electron chi connectivity index (χ2n) is 4.45. The number of rotatable bonds is 8. The van der Waals surface area contributed by atoms with E-state index in [9.17, 15) is 4.79 Å². The lowest BCUT2D eigenvalue weighted by Crippen LogP contribution is -2.22. The normalized spacial score (nSPS) is 10.3. The quantitative estimate of drug-likeness (QED) is 0.559. The summed E-state index contributed by atoms with van der Waals surface area (Å²) in [4.78, 5) is 11.8. The van der Waals surface area contributed by atoms with Gasteiger partial charge in [-0.2, -0.15) is 0 Å². The van der Waals surface area contributed by atoms with Crippen molar-refractivity contribution < 1.29 is 9.53 Å². The molecule has 0 fully saturated rings. The van der Waals surface area contributed by atoms with Crippen LogP contribution in [0.3, 0.4) is 0 Å². The fraction of sp³-hybridized carbons (Fsp3) is 0.400. The molecule has 0 aliphatic heterocycles. The minimum absolute atomic E-state index is 0.0311. The van der Waals surface area contributed by atoms with Gasteiger partial charge in [0.15, 0.2) is 0 Å². The van der Waals surface area contributed by atoms with Gasteiger partial charge in [-0.25, -0.2) is 0 Å². The van der Waals surface area contributed by atoms with Crippen LogP contribution < -0.4 is 15.4 Å². The molecule has 4 nitrogen and oxygen atoms in total. The Balaban J connectivity index is 2.51. The van der Waals surface area contributed by atoms with Gasteiger partial charge in [-0.3, -0.25) is 4.79 Å². The van der Waals surface area contributed by atoms with Gasteiger partial charge in [0.2, 0.25) is 5.91 Å². The lowest BCUT2D eigenvalue weighted by molar-refractivity contribution is -0.116. The zero-order valence-corrected chi connectivity index (χ0v) is 11.6. The second kappa shape index (κ2) is 8.32. The minimum Gasteiger partial charge on any atom is -0.489 e. The van der Waals surface area contributed by atoms with Crippen molar-refractivity contribution in [1.82, 2.24) is 5.32 Å². The summed E-state index contributed by atoms with van der Waals surface area (Å²) in [5.41, 5.74) is 0.713. The maximum atomic E-state index is 11.8. The Labute approximate surface area is 114 Å². The molecule has 0 heterocycles. The Bertz CT molecular complexity index is 416. The predicted molar refractivity (Wildman–Crippen MR) is 78.5 cm³/mol. The van der Waals surface area contributed by atoms with Crippen molar-refractivity contribution in [3.05, 3.63) is 36.9 Å². The van der Waals surface area contributed by atoms with Crippen molar-refractivity contribution in [3.8, 4) is 5.75 Å². The summed E-state index contributed by atoms with van der Waals surface area (Å²) >= 11 is 0. The Hall–Kier alpha value is -1.81. The molecule has 1 aromatic carbocycles. The first-order valence-corrected chi connectivity index (χ1v) is 6.50. The standard InChI is InChI=1S/C15H22N2O2/c1-4-10-16-11-9-15(18)17-13-7-5-6-8-14(13)19-12(2)3/h4-8,12,16H,1,9-11H2,2-3H3,(H,17,18).